The Kier molecular flexibility index (Phi) is 4.77. The molecule has 0 amide bonds. The van der Waals surface area contributed by atoms with Crippen molar-refractivity contribution < 1.29 is 4.74 Å². The fourth-order valence-corrected chi connectivity index (χ4v) is 3.20. The summed E-state index contributed by atoms with van der Waals surface area (Å²) in [6.45, 7) is 13.1. The molecule has 0 radical (unpaired) electrons. The number of ether oxygens (including phenoxy) is 1. The second kappa shape index (κ2) is 5.94. The van der Waals surface area contributed by atoms with Crippen LogP contribution in [0.3, 0.4) is 0 Å². The maximum Gasteiger partial charge on any atom is 0.155 e. The number of aliphatic imine (C=N–C) groups is 1. The summed E-state index contributed by atoms with van der Waals surface area (Å²) in [4.78, 5) is 4.83. The molecule has 0 spiro atoms. The molecule has 1 aromatic rings. The van der Waals surface area contributed by atoms with Gasteiger partial charge in [-0.25, -0.2) is 4.99 Å². The molecule has 1 heterocycles. The molecule has 0 aliphatic carbocycles. The Morgan fingerprint density at radius 3 is 2.05 bits per heavy atom. The SMILES string of the molecule is CC(C)(C)C1N=C(c2ccc(Cl)cc2)SC(C(C)(C)C)O1. The molecule has 2 rings (SSSR count). The zero-order chi connectivity index (χ0) is 15.8. The molecule has 0 aromatic heterocycles. The van der Waals surface area contributed by atoms with Gasteiger partial charge in [-0.1, -0.05) is 77.0 Å². The summed E-state index contributed by atoms with van der Waals surface area (Å²) >= 11 is 7.68. The predicted molar refractivity (Wildman–Crippen MR) is 93.2 cm³/mol. The van der Waals surface area contributed by atoms with E-state index in [0.29, 0.717) is 0 Å². The van der Waals surface area contributed by atoms with Gasteiger partial charge in [0.2, 0.25) is 0 Å². The van der Waals surface area contributed by atoms with E-state index in [9.17, 15) is 0 Å². The second-order valence-corrected chi connectivity index (χ2v) is 9.10. The van der Waals surface area contributed by atoms with Crippen LogP contribution in [0.5, 0.6) is 0 Å². The minimum Gasteiger partial charge on any atom is -0.341 e. The van der Waals surface area contributed by atoms with Crippen molar-refractivity contribution in [1.29, 1.82) is 0 Å². The van der Waals surface area contributed by atoms with Gasteiger partial charge >= 0.3 is 0 Å². The largest absolute Gasteiger partial charge is 0.341 e. The van der Waals surface area contributed by atoms with E-state index in [1.54, 1.807) is 11.8 Å². The summed E-state index contributed by atoms with van der Waals surface area (Å²) in [5.41, 5.74) is 1.23. The summed E-state index contributed by atoms with van der Waals surface area (Å²) in [5, 5.41) is 1.79. The lowest BCUT2D eigenvalue weighted by Gasteiger charge is -2.40. The molecule has 2 unspecified atom stereocenters. The Balaban J connectivity index is 2.37. The standard InChI is InChI=1S/C17H24ClNOS/c1-16(2,3)14-19-13(11-7-9-12(18)10-8-11)21-15(20-14)17(4,5)6/h7-10,14-15H,1-6H3. The van der Waals surface area contributed by atoms with Crippen molar-refractivity contribution in [2.75, 3.05) is 0 Å². The fourth-order valence-electron chi connectivity index (χ4n) is 1.93. The molecule has 2 atom stereocenters. The van der Waals surface area contributed by atoms with Gasteiger partial charge in [-0.15, -0.1) is 0 Å². The van der Waals surface area contributed by atoms with E-state index in [1.807, 2.05) is 24.3 Å². The van der Waals surface area contributed by atoms with E-state index >= 15 is 0 Å². The Morgan fingerprint density at radius 2 is 1.57 bits per heavy atom. The average Bonchev–Trinajstić information content (AvgIpc) is 2.37. The molecule has 0 bridgehead atoms. The first-order valence-corrected chi connectivity index (χ1v) is 8.49. The van der Waals surface area contributed by atoms with Gasteiger partial charge in [-0.2, -0.15) is 0 Å². The summed E-state index contributed by atoms with van der Waals surface area (Å²) < 4.78 is 6.24. The normalized spacial score (nSPS) is 23.9. The van der Waals surface area contributed by atoms with Crippen LogP contribution in [0, 0.1) is 10.8 Å². The maximum atomic E-state index is 6.24. The summed E-state index contributed by atoms with van der Waals surface area (Å²) in [6.07, 6.45) is -0.131. The van der Waals surface area contributed by atoms with Gasteiger partial charge in [0, 0.05) is 16.0 Å². The molecule has 1 aromatic carbocycles. The van der Waals surface area contributed by atoms with E-state index in [2.05, 4.69) is 41.5 Å². The minimum atomic E-state index is -0.131. The minimum absolute atomic E-state index is 0.0256. The smallest absolute Gasteiger partial charge is 0.155 e. The van der Waals surface area contributed by atoms with Crippen LogP contribution in [0.25, 0.3) is 0 Å². The van der Waals surface area contributed by atoms with Crippen LogP contribution in [0.15, 0.2) is 29.3 Å². The molecule has 1 aliphatic heterocycles. The van der Waals surface area contributed by atoms with Crippen molar-refractivity contribution in [3.05, 3.63) is 34.9 Å². The Labute approximate surface area is 137 Å². The first-order chi connectivity index (χ1) is 9.57. The van der Waals surface area contributed by atoms with E-state index in [-0.39, 0.29) is 22.5 Å². The highest BCUT2D eigenvalue weighted by Gasteiger charge is 2.38. The quantitative estimate of drug-likeness (QED) is 0.670. The third kappa shape index (κ3) is 4.24. The van der Waals surface area contributed by atoms with E-state index in [4.69, 9.17) is 21.3 Å². The maximum absolute atomic E-state index is 6.24. The highest BCUT2D eigenvalue weighted by molar-refractivity contribution is 8.14. The molecule has 21 heavy (non-hydrogen) atoms. The summed E-state index contributed by atoms with van der Waals surface area (Å²) in [6, 6.07) is 7.87. The predicted octanol–water partition coefficient (Wildman–Crippen LogP) is 5.59. The van der Waals surface area contributed by atoms with Crippen LogP contribution in [0.1, 0.15) is 47.1 Å². The summed E-state index contributed by atoms with van der Waals surface area (Å²) in [5.74, 6) is 0. The number of nitrogens with zero attached hydrogens (tertiary/aromatic N) is 1. The van der Waals surface area contributed by atoms with Crippen molar-refractivity contribution in [3.63, 3.8) is 0 Å². The van der Waals surface area contributed by atoms with Gasteiger partial charge in [0.25, 0.3) is 0 Å². The molecule has 0 saturated carbocycles. The lowest BCUT2D eigenvalue weighted by Crippen LogP contribution is -2.40. The number of halogens is 1. The highest BCUT2D eigenvalue weighted by atomic mass is 35.5. The Morgan fingerprint density at radius 1 is 1.00 bits per heavy atom. The average molecular weight is 326 g/mol. The number of hydrogen-bond acceptors (Lipinski definition) is 3. The highest BCUT2D eigenvalue weighted by Crippen LogP contribution is 2.41. The van der Waals surface area contributed by atoms with Gasteiger partial charge in [0.15, 0.2) is 6.23 Å². The first kappa shape index (κ1) is 16.9. The number of thioether (sulfide) groups is 1. The molecular formula is C17H24ClNOS. The van der Waals surface area contributed by atoms with Crippen molar-refractivity contribution in [2.45, 2.75) is 53.2 Å². The van der Waals surface area contributed by atoms with Crippen molar-refractivity contribution in [1.82, 2.24) is 0 Å². The molecule has 4 heteroatoms. The van der Waals surface area contributed by atoms with Crippen molar-refractivity contribution in [2.24, 2.45) is 15.8 Å². The molecule has 1 aliphatic rings. The Hall–Kier alpha value is -0.510. The fraction of sp³-hybridized carbons (Fsp3) is 0.588. The monoisotopic (exact) mass is 325 g/mol. The zero-order valence-electron chi connectivity index (χ0n) is 13.6. The molecule has 2 nitrogen and oxygen atoms in total. The number of benzene rings is 1. The number of hydrogen-bond donors (Lipinski definition) is 0. The molecular weight excluding hydrogens is 302 g/mol. The van der Waals surface area contributed by atoms with E-state index in [1.165, 1.54) is 0 Å². The van der Waals surface area contributed by atoms with E-state index < -0.39 is 0 Å². The van der Waals surface area contributed by atoms with Crippen molar-refractivity contribution in [3.8, 4) is 0 Å². The third-order valence-electron chi connectivity index (χ3n) is 3.24. The van der Waals surface area contributed by atoms with Gasteiger partial charge < -0.3 is 4.74 Å². The molecule has 0 saturated heterocycles. The first-order valence-electron chi connectivity index (χ1n) is 7.23. The van der Waals surface area contributed by atoms with Crippen LogP contribution in [-0.2, 0) is 4.74 Å². The van der Waals surface area contributed by atoms with Gasteiger partial charge in [0.1, 0.15) is 10.5 Å². The van der Waals surface area contributed by atoms with Gasteiger partial charge in [0.05, 0.1) is 0 Å². The molecule has 0 fully saturated rings. The lowest BCUT2D eigenvalue weighted by molar-refractivity contribution is -0.0616. The van der Waals surface area contributed by atoms with Crippen molar-refractivity contribution >= 4 is 28.4 Å². The van der Waals surface area contributed by atoms with Crippen LogP contribution in [0.2, 0.25) is 5.02 Å². The topological polar surface area (TPSA) is 21.6 Å². The Bertz CT molecular complexity index is 525. The van der Waals surface area contributed by atoms with E-state index in [0.717, 1.165) is 15.6 Å². The summed E-state index contributed by atoms with van der Waals surface area (Å²) in [7, 11) is 0. The van der Waals surface area contributed by atoms with Crippen LogP contribution in [-0.4, -0.2) is 16.7 Å². The molecule has 116 valence electrons. The van der Waals surface area contributed by atoms with Crippen LogP contribution < -0.4 is 0 Å². The zero-order valence-corrected chi connectivity index (χ0v) is 15.2. The third-order valence-corrected chi connectivity index (χ3v) is 5.09. The lowest BCUT2D eigenvalue weighted by atomic mass is 9.93. The van der Waals surface area contributed by atoms with Crippen LogP contribution in [0.4, 0.5) is 0 Å². The van der Waals surface area contributed by atoms with Gasteiger partial charge in [-0.05, 0) is 17.5 Å². The molecule has 0 N–H and O–H groups in total. The second-order valence-electron chi connectivity index (χ2n) is 7.61. The van der Waals surface area contributed by atoms with Crippen LogP contribution >= 0.6 is 23.4 Å². The van der Waals surface area contributed by atoms with Gasteiger partial charge in [-0.3, -0.25) is 0 Å². The number of rotatable bonds is 1.